The highest BCUT2D eigenvalue weighted by Gasteiger charge is 2.30. The molecule has 0 saturated heterocycles. The summed E-state index contributed by atoms with van der Waals surface area (Å²) < 4.78 is 0. The predicted molar refractivity (Wildman–Crippen MR) is 92.5 cm³/mol. The third kappa shape index (κ3) is 5.97. The lowest BCUT2D eigenvalue weighted by molar-refractivity contribution is -0.404. The summed E-state index contributed by atoms with van der Waals surface area (Å²) in [7, 11) is 0. The first-order valence-corrected chi connectivity index (χ1v) is 7.56. The maximum atomic E-state index is 10.4. The Labute approximate surface area is 152 Å². The molecule has 144 valence electrons. The molecule has 2 N–H and O–H groups in total. The van der Waals surface area contributed by atoms with Crippen LogP contribution < -0.4 is 0 Å². The van der Waals surface area contributed by atoms with Crippen LogP contribution in [0.2, 0.25) is 0 Å². The monoisotopic (exact) mass is 380 g/mol. The van der Waals surface area contributed by atoms with Crippen molar-refractivity contribution in [1.82, 2.24) is 4.98 Å². The summed E-state index contributed by atoms with van der Waals surface area (Å²) in [5.41, 5.74) is -0.797. The number of nitro benzene ring substituents is 3. The second-order valence-electron chi connectivity index (χ2n) is 5.09. The topological polar surface area (TPSA) is 183 Å². The maximum Gasteiger partial charge on any atom is 0.324 e. The Balaban J connectivity index is 0.000000289. The normalized spacial score (nSPS) is 9.85. The number of non-ortho nitro benzene ring substituents is 1. The van der Waals surface area contributed by atoms with Crippen LogP contribution in [0.5, 0.6) is 5.75 Å². The minimum atomic E-state index is -1.21. The van der Waals surface area contributed by atoms with E-state index in [2.05, 4.69) is 18.0 Å². The van der Waals surface area contributed by atoms with Gasteiger partial charge in [0.2, 0.25) is 0 Å². The number of phenols is 1. The van der Waals surface area contributed by atoms with Crippen molar-refractivity contribution >= 4 is 17.1 Å². The van der Waals surface area contributed by atoms with Crippen LogP contribution in [0, 0.1) is 30.3 Å². The van der Waals surface area contributed by atoms with E-state index in [1.807, 2.05) is 12.3 Å². The summed E-state index contributed by atoms with van der Waals surface area (Å²) in [6.45, 7) is 2.28. The number of hydrogen-bond acceptors (Lipinski definition) is 9. The first-order valence-electron chi connectivity index (χ1n) is 7.56. The van der Waals surface area contributed by atoms with Gasteiger partial charge in [-0.15, -0.1) is 0 Å². The fourth-order valence-electron chi connectivity index (χ4n) is 1.90. The second kappa shape index (κ2) is 9.72. The van der Waals surface area contributed by atoms with Gasteiger partial charge in [-0.2, -0.15) is 0 Å². The molecule has 0 saturated carbocycles. The first kappa shape index (κ1) is 21.4. The lowest BCUT2D eigenvalue weighted by Gasteiger charge is -1.98. The molecule has 1 heterocycles. The Morgan fingerprint density at radius 2 is 1.56 bits per heavy atom. The zero-order valence-corrected chi connectivity index (χ0v) is 14.1. The molecule has 12 nitrogen and oxygen atoms in total. The number of phenolic OH excluding ortho intramolecular Hbond substituents is 1. The number of aromatic hydroxyl groups is 1. The Hall–Kier alpha value is -3.67. The minimum absolute atomic E-state index is 0.179. The van der Waals surface area contributed by atoms with Crippen LogP contribution >= 0.6 is 0 Å². The number of rotatable bonds is 6. The van der Waals surface area contributed by atoms with Crippen LogP contribution in [0.15, 0.2) is 30.5 Å². The van der Waals surface area contributed by atoms with Crippen molar-refractivity contribution < 1.29 is 25.0 Å². The molecule has 0 amide bonds. The number of aryl methyl sites for hydroxylation is 1. The zero-order chi connectivity index (χ0) is 20.6. The number of nitro groups is 3. The number of hydrogen-bond donors (Lipinski definition) is 2. The molecule has 0 aliphatic carbocycles. The van der Waals surface area contributed by atoms with E-state index in [0.717, 1.165) is 12.1 Å². The van der Waals surface area contributed by atoms with E-state index in [-0.39, 0.29) is 6.61 Å². The van der Waals surface area contributed by atoms with Gasteiger partial charge in [0.15, 0.2) is 0 Å². The van der Waals surface area contributed by atoms with Gasteiger partial charge < -0.3 is 10.2 Å². The summed E-state index contributed by atoms with van der Waals surface area (Å²) >= 11 is 0. The first-order chi connectivity index (χ1) is 12.7. The van der Waals surface area contributed by atoms with Crippen LogP contribution in [0.3, 0.4) is 0 Å². The highest BCUT2D eigenvalue weighted by Crippen LogP contribution is 2.38. The van der Waals surface area contributed by atoms with Gasteiger partial charge in [-0.1, -0.05) is 13.0 Å². The SMILES string of the molecule is CCc1ccc(CCO)nc1.O=[N+]([O-])c1cc([N+](=O)[O-])c(O)c([N+](=O)[O-])c1. The molecular formula is C15H16N4O8. The van der Waals surface area contributed by atoms with Gasteiger partial charge >= 0.3 is 11.4 Å². The summed E-state index contributed by atoms with van der Waals surface area (Å²) in [5.74, 6) is -1.21. The summed E-state index contributed by atoms with van der Waals surface area (Å²) in [4.78, 5) is 31.9. The fraction of sp³-hybridized carbons (Fsp3) is 0.267. The van der Waals surface area contributed by atoms with Crippen LogP contribution in [0.1, 0.15) is 18.2 Å². The van der Waals surface area contributed by atoms with Crippen molar-refractivity contribution in [3.8, 4) is 5.75 Å². The molecule has 0 fully saturated rings. The van der Waals surface area contributed by atoms with Crippen molar-refractivity contribution in [2.45, 2.75) is 19.8 Å². The van der Waals surface area contributed by atoms with Crippen molar-refractivity contribution in [3.63, 3.8) is 0 Å². The van der Waals surface area contributed by atoms with E-state index in [1.165, 1.54) is 5.56 Å². The number of pyridine rings is 1. The highest BCUT2D eigenvalue weighted by atomic mass is 16.6. The van der Waals surface area contributed by atoms with Crippen LogP contribution in [0.4, 0.5) is 17.1 Å². The zero-order valence-electron chi connectivity index (χ0n) is 14.1. The average molecular weight is 380 g/mol. The summed E-state index contributed by atoms with van der Waals surface area (Å²) in [6, 6.07) is 4.91. The largest absolute Gasteiger partial charge is 0.497 e. The number of benzene rings is 1. The Bertz CT molecular complexity index is 803. The maximum absolute atomic E-state index is 10.4. The smallest absolute Gasteiger partial charge is 0.324 e. The van der Waals surface area contributed by atoms with E-state index in [1.54, 1.807) is 0 Å². The molecule has 0 spiro atoms. The van der Waals surface area contributed by atoms with E-state index >= 15 is 0 Å². The van der Waals surface area contributed by atoms with Crippen molar-refractivity contribution in [3.05, 3.63) is 72.1 Å². The van der Waals surface area contributed by atoms with Crippen molar-refractivity contribution in [2.75, 3.05) is 6.61 Å². The van der Waals surface area contributed by atoms with Gasteiger partial charge in [-0.3, -0.25) is 35.3 Å². The van der Waals surface area contributed by atoms with Gasteiger partial charge in [0.25, 0.3) is 11.4 Å². The molecule has 0 aliphatic heterocycles. The van der Waals surface area contributed by atoms with E-state index in [4.69, 9.17) is 10.2 Å². The second-order valence-corrected chi connectivity index (χ2v) is 5.09. The average Bonchev–Trinajstić information content (AvgIpc) is 2.62. The fourth-order valence-corrected chi connectivity index (χ4v) is 1.90. The van der Waals surface area contributed by atoms with Crippen LogP contribution in [-0.2, 0) is 12.8 Å². The number of aliphatic hydroxyl groups excluding tert-OH is 1. The number of nitrogens with zero attached hydrogens (tertiary/aromatic N) is 4. The molecule has 12 heteroatoms. The predicted octanol–water partition coefficient (Wildman–Crippen LogP) is 2.30. The van der Waals surface area contributed by atoms with E-state index < -0.39 is 37.6 Å². The van der Waals surface area contributed by atoms with E-state index in [9.17, 15) is 30.3 Å². The van der Waals surface area contributed by atoms with Crippen LogP contribution in [0.25, 0.3) is 0 Å². The molecule has 0 atom stereocenters. The Morgan fingerprint density at radius 3 is 1.89 bits per heavy atom. The lowest BCUT2D eigenvalue weighted by Crippen LogP contribution is -1.97. The lowest BCUT2D eigenvalue weighted by atomic mass is 10.2. The number of aliphatic hydroxyl groups is 1. The molecule has 27 heavy (non-hydrogen) atoms. The van der Waals surface area contributed by atoms with Crippen molar-refractivity contribution in [2.24, 2.45) is 0 Å². The molecule has 2 rings (SSSR count). The Kier molecular flexibility index (Phi) is 7.69. The van der Waals surface area contributed by atoms with E-state index in [0.29, 0.717) is 18.6 Å². The summed E-state index contributed by atoms with van der Waals surface area (Å²) in [5, 5.41) is 48.8. The summed E-state index contributed by atoms with van der Waals surface area (Å²) in [6.07, 6.45) is 3.54. The van der Waals surface area contributed by atoms with Gasteiger partial charge in [0.1, 0.15) is 0 Å². The number of aromatic nitrogens is 1. The third-order valence-corrected chi connectivity index (χ3v) is 3.32. The van der Waals surface area contributed by atoms with Crippen molar-refractivity contribution in [1.29, 1.82) is 0 Å². The standard InChI is InChI=1S/C9H13NO.C6H3N3O7/c1-2-8-3-4-9(5-6-11)10-7-8;10-6-4(8(13)14)1-3(7(11)12)2-5(6)9(15)16/h3-4,7,11H,2,5-6H2,1H3;1-2,10H. The molecule has 2 aromatic rings. The van der Waals surface area contributed by atoms with Gasteiger partial charge in [-0.25, -0.2) is 0 Å². The molecular weight excluding hydrogens is 364 g/mol. The van der Waals surface area contributed by atoms with Crippen LogP contribution in [-0.4, -0.2) is 36.6 Å². The molecule has 0 bridgehead atoms. The Morgan fingerprint density at radius 1 is 1.00 bits per heavy atom. The third-order valence-electron chi connectivity index (χ3n) is 3.32. The van der Waals surface area contributed by atoms with Gasteiger partial charge in [0.05, 0.1) is 26.9 Å². The highest BCUT2D eigenvalue weighted by molar-refractivity contribution is 5.64. The minimum Gasteiger partial charge on any atom is -0.497 e. The van der Waals surface area contributed by atoms with Gasteiger partial charge in [-0.05, 0) is 18.1 Å². The molecule has 1 aromatic carbocycles. The van der Waals surface area contributed by atoms with Gasteiger partial charge in [0, 0.05) is 24.9 Å². The quantitative estimate of drug-likeness (QED) is 0.560. The molecule has 1 aromatic heterocycles. The molecule has 0 aliphatic rings. The molecule has 0 radical (unpaired) electrons. The molecule has 0 unspecified atom stereocenters.